The van der Waals surface area contributed by atoms with Gasteiger partial charge < -0.3 is 0 Å². The van der Waals surface area contributed by atoms with Crippen molar-refractivity contribution in [2.45, 2.75) is 39.5 Å². The molecule has 0 unspecified atom stereocenters. The molecule has 6 nitrogen and oxygen atoms in total. The molecule has 0 aliphatic rings. The van der Waals surface area contributed by atoms with Gasteiger partial charge in [0, 0.05) is 5.41 Å². The number of carbonyl (C=O) groups is 1. The Balaban J connectivity index is 2.89. The number of aromatic amines is 1. The molecule has 0 radical (unpaired) electrons. The quantitative estimate of drug-likeness (QED) is 0.853. The predicted octanol–water partition coefficient (Wildman–Crippen LogP) is 0.920. The van der Waals surface area contributed by atoms with Crippen molar-refractivity contribution >= 4 is 15.8 Å². The van der Waals surface area contributed by atoms with Gasteiger partial charge in [0.25, 0.3) is 0 Å². The van der Waals surface area contributed by atoms with Gasteiger partial charge in [-0.25, -0.2) is 13.1 Å². The molecule has 2 N–H and O–H groups in total. The van der Waals surface area contributed by atoms with Crippen molar-refractivity contribution in [1.29, 1.82) is 0 Å². The van der Waals surface area contributed by atoms with Gasteiger partial charge in [0.15, 0.2) is 5.78 Å². The Kier molecular flexibility index (Phi) is 3.97. The minimum atomic E-state index is -3.70. The standard InChI is InChI=1S/C11H19N3O3S/c1-7-10(8(2)14-13-7)18(16,17)12-6-9(15)11(3,4)5/h12H,6H2,1-5H3,(H,13,14). The van der Waals surface area contributed by atoms with Gasteiger partial charge in [0.2, 0.25) is 10.0 Å². The largest absolute Gasteiger partial charge is 0.298 e. The molecule has 0 atom stereocenters. The second-order valence-electron chi connectivity index (χ2n) is 5.26. The highest BCUT2D eigenvalue weighted by Gasteiger charge is 2.26. The van der Waals surface area contributed by atoms with E-state index in [1.807, 2.05) is 0 Å². The summed E-state index contributed by atoms with van der Waals surface area (Å²) in [6.45, 7) is 8.26. The molecule has 0 bridgehead atoms. The number of hydrogen-bond donors (Lipinski definition) is 2. The normalized spacial score (nSPS) is 12.7. The van der Waals surface area contributed by atoms with E-state index < -0.39 is 15.4 Å². The molecule has 0 aromatic carbocycles. The lowest BCUT2D eigenvalue weighted by Gasteiger charge is -2.16. The molecule has 7 heteroatoms. The van der Waals surface area contributed by atoms with Crippen LogP contribution in [0, 0.1) is 19.3 Å². The van der Waals surface area contributed by atoms with Gasteiger partial charge in [0.05, 0.1) is 17.9 Å². The number of H-pyrrole nitrogens is 1. The first-order valence-electron chi connectivity index (χ1n) is 5.60. The number of hydrogen-bond acceptors (Lipinski definition) is 4. The summed E-state index contributed by atoms with van der Waals surface area (Å²) in [5.41, 5.74) is 0.287. The van der Waals surface area contributed by atoms with Crippen molar-refractivity contribution in [2.24, 2.45) is 5.41 Å². The fraction of sp³-hybridized carbons (Fsp3) is 0.636. The zero-order valence-corrected chi connectivity index (χ0v) is 12.1. The highest BCUT2D eigenvalue weighted by Crippen LogP contribution is 2.17. The molecule has 0 aliphatic carbocycles. The molecule has 0 saturated heterocycles. The summed E-state index contributed by atoms with van der Waals surface area (Å²) in [5.74, 6) is -0.162. The maximum atomic E-state index is 12.0. The Morgan fingerprint density at radius 1 is 1.33 bits per heavy atom. The molecule has 1 rings (SSSR count). The molecule has 1 aromatic rings. The van der Waals surface area contributed by atoms with Crippen LogP contribution >= 0.6 is 0 Å². The van der Waals surface area contributed by atoms with Gasteiger partial charge in [-0.15, -0.1) is 0 Å². The smallest absolute Gasteiger partial charge is 0.244 e. The van der Waals surface area contributed by atoms with Crippen LogP contribution in [0.1, 0.15) is 32.2 Å². The van der Waals surface area contributed by atoms with E-state index in [4.69, 9.17) is 0 Å². The van der Waals surface area contributed by atoms with E-state index in [0.717, 1.165) is 0 Å². The molecule has 0 amide bonds. The summed E-state index contributed by atoms with van der Waals surface area (Å²) < 4.78 is 26.4. The Bertz CT molecular complexity index is 533. The molecule has 0 fully saturated rings. The van der Waals surface area contributed by atoms with Crippen LogP contribution in [0.5, 0.6) is 0 Å². The molecule has 0 aliphatic heterocycles. The van der Waals surface area contributed by atoms with Crippen LogP contribution in [0.15, 0.2) is 4.90 Å². The Morgan fingerprint density at radius 2 is 1.89 bits per heavy atom. The van der Waals surface area contributed by atoms with E-state index in [0.29, 0.717) is 11.4 Å². The Hall–Kier alpha value is -1.21. The van der Waals surface area contributed by atoms with Crippen molar-refractivity contribution in [3.63, 3.8) is 0 Å². The number of ketones is 1. The predicted molar refractivity (Wildman–Crippen MR) is 67.7 cm³/mol. The van der Waals surface area contributed by atoms with Crippen LogP contribution in [-0.4, -0.2) is 30.9 Å². The number of nitrogens with one attached hydrogen (secondary N) is 2. The molecule has 1 aromatic heterocycles. The van der Waals surface area contributed by atoms with Crippen molar-refractivity contribution in [3.8, 4) is 0 Å². The number of aryl methyl sites for hydroxylation is 2. The number of Topliss-reactive ketones (excluding diaryl/α,β-unsaturated/α-hetero) is 1. The lowest BCUT2D eigenvalue weighted by Crippen LogP contribution is -2.35. The number of nitrogens with zero attached hydrogens (tertiary/aromatic N) is 1. The third-order valence-corrected chi connectivity index (χ3v) is 4.25. The van der Waals surface area contributed by atoms with Gasteiger partial charge >= 0.3 is 0 Å². The van der Waals surface area contributed by atoms with E-state index in [9.17, 15) is 13.2 Å². The van der Waals surface area contributed by atoms with E-state index in [2.05, 4.69) is 14.9 Å². The molecule has 0 spiro atoms. The van der Waals surface area contributed by atoms with Gasteiger partial charge in [-0.1, -0.05) is 20.8 Å². The fourth-order valence-electron chi connectivity index (χ4n) is 1.43. The van der Waals surface area contributed by atoms with Gasteiger partial charge in [-0.3, -0.25) is 9.89 Å². The summed E-state index contributed by atoms with van der Waals surface area (Å²) in [4.78, 5) is 11.8. The summed E-state index contributed by atoms with van der Waals surface area (Å²) in [5, 5.41) is 6.44. The van der Waals surface area contributed by atoms with Crippen LogP contribution < -0.4 is 4.72 Å². The summed E-state index contributed by atoms with van der Waals surface area (Å²) in [6.07, 6.45) is 0. The molecule has 0 saturated carbocycles. The molecule has 102 valence electrons. The topological polar surface area (TPSA) is 91.9 Å². The first kappa shape index (κ1) is 14.8. The van der Waals surface area contributed by atoms with Crippen LogP contribution in [0.25, 0.3) is 0 Å². The van der Waals surface area contributed by atoms with Crippen molar-refractivity contribution < 1.29 is 13.2 Å². The highest BCUT2D eigenvalue weighted by atomic mass is 32.2. The molecular weight excluding hydrogens is 254 g/mol. The maximum absolute atomic E-state index is 12.0. The van der Waals surface area contributed by atoms with Gasteiger partial charge in [-0.2, -0.15) is 5.10 Å². The minimum absolute atomic E-state index is 0.115. The number of aromatic nitrogens is 2. The lowest BCUT2D eigenvalue weighted by atomic mass is 9.91. The number of rotatable bonds is 4. The van der Waals surface area contributed by atoms with E-state index in [1.165, 1.54) is 0 Å². The third kappa shape index (κ3) is 3.17. The monoisotopic (exact) mass is 273 g/mol. The summed E-state index contributed by atoms with van der Waals surface area (Å²) in [6, 6.07) is 0. The van der Waals surface area contributed by atoms with Crippen LogP contribution in [0.4, 0.5) is 0 Å². The van der Waals surface area contributed by atoms with Gasteiger partial charge in [-0.05, 0) is 13.8 Å². The van der Waals surface area contributed by atoms with Crippen LogP contribution in [0.3, 0.4) is 0 Å². The van der Waals surface area contributed by atoms with E-state index in [1.54, 1.807) is 34.6 Å². The Morgan fingerprint density at radius 3 is 2.28 bits per heavy atom. The molecular formula is C11H19N3O3S. The Labute approximate surface area is 107 Å². The summed E-state index contributed by atoms with van der Waals surface area (Å²) >= 11 is 0. The fourth-order valence-corrected chi connectivity index (χ4v) is 2.78. The first-order valence-corrected chi connectivity index (χ1v) is 7.08. The number of carbonyl (C=O) groups excluding carboxylic acids is 1. The minimum Gasteiger partial charge on any atom is -0.298 e. The zero-order valence-electron chi connectivity index (χ0n) is 11.3. The highest BCUT2D eigenvalue weighted by molar-refractivity contribution is 7.89. The second-order valence-corrected chi connectivity index (χ2v) is 6.96. The van der Waals surface area contributed by atoms with E-state index >= 15 is 0 Å². The molecule has 18 heavy (non-hydrogen) atoms. The summed E-state index contributed by atoms with van der Waals surface area (Å²) in [7, 11) is -3.70. The van der Waals surface area contributed by atoms with E-state index in [-0.39, 0.29) is 17.2 Å². The van der Waals surface area contributed by atoms with Crippen LogP contribution in [0.2, 0.25) is 0 Å². The molecule has 1 heterocycles. The van der Waals surface area contributed by atoms with Gasteiger partial charge in [0.1, 0.15) is 4.90 Å². The van der Waals surface area contributed by atoms with Crippen molar-refractivity contribution in [1.82, 2.24) is 14.9 Å². The SMILES string of the molecule is Cc1n[nH]c(C)c1S(=O)(=O)NCC(=O)C(C)(C)C. The third-order valence-electron chi connectivity index (χ3n) is 2.59. The van der Waals surface area contributed by atoms with Crippen molar-refractivity contribution in [2.75, 3.05) is 6.54 Å². The lowest BCUT2D eigenvalue weighted by molar-refractivity contribution is -0.125. The average molecular weight is 273 g/mol. The van der Waals surface area contributed by atoms with Crippen molar-refractivity contribution in [3.05, 3.63) is 11.4 Å². The van der Waals surface area contributed by atoms with Crippen LogP contribution in [-0.2, 0) is 14.8 Å². The zero-order chi connectivity index (χ0) is 14.1. The average Bonchev–Trinajstić information content (AvgIpc) is 2.54. The first-order chi connectivity index (χ1) is 8.05. The second kappa shape index (κ2) is 4.81. The maximum Gasteiger partial charge on any atom is 0.244 e. The number of sulfonamides is 1.